The van der Waals surface area contributed by atoms with Gasteiger partial charge in [-0.05, 0) is 44.4 Å². The first-order chi connectivity index (χ1) is 14.0. The van der Waals surface area contributed by atoms with Crippen molar-refractivity contribution in [1.29, 1.82) is 0 Å². The van der Waals surface area contributed by atoms with E-state index in [2.05, 4.69) is 11.6 Å². The molecule has 1 heterocycles. The van der Waals surface area contributed by atoms with Crippen LogP contribution >= 0.6 is 0 Å². The molecule has 0 aromatic heterocycles. The first kappa shape index (κ1) is 20.8. The summed E-state index contributed by atoms with van der Waals surface area (Å²) in [5.74, 6) is -0.0996. The van der Waals surface area contributed by atoms with Gasteiger partial charge in [-0.25, -0.2) is 4.79 Å². The Kier molecular flexibility index (Phi) is 6.52. The number of allylic oxidation sites excluding steroid dienone is 1. The Labute approximate surface area is 171 Å². The molecular formula is C23H27NO5. The van der Waals surface area contributed by atoms with Gasteiger partial charge < -0.3 is 14.2 Å². The molecule has 0 saturated heterocycles. The van der Waals surface area contributed by atoms with Crippen LogP contribution in [0.3, 0.4) is 0 Å². The van der Waals surface area contributed by atoms with E-state index in [1.807, 2.05) is 25.1 Å². The zero-order chi connectivity index (χ0) is 21.0. The third kappa shape index (κ3) is 4.11. The van der Waals surface area contributed by atoms with Gasteiger partial charge in [0.25, 0.3) is 0 Å². The van der Waals surface area contributed by atoms with Crippen molar-refractivity contribution in [3.05, 3.63) is 47.7 Å². The number of rotatable bonds is 7. The number of methoxy groups -OCH3 is 1. The monoisotopic (exact) mass is 397 g/mol. The molecule has 1 aromatic carbocycles. The first-order valence-electron chi connectivity index (χ1n) is 9.91. The molecule has 6 heteroatoms. The second kappa shape index (κ2) is 9.07. The molecule has 1 unspecified atom stereocenters. The molecule has 1 aromatic rings. The van der Waals surface area contributed by atoms with E-state index in [-0.39, 0.29) is 12.4 Å². The number of ketones is 1. The second-order valence-electron chi connectivity index (χ2n) is 7.11. The van der Waals surface area contributed by atoms with E-state index < -0.39 is 17.8 Å². The molecule has 0 spiro atoms. The molecule has 2 atom stereocenters. The van der Waals surface area contributed by atoms with Crippen LogP contribution in [0.5, 0.6) is 11.5 Å². The van der Waals surface area contributed by atoms with Crippen molar-refractivity contribution >= 4 is 17.5 Å². The Morgan fingerprint density at radius 3 is 2.76 bits per heavy atom. The summed E-state index contributed by atoms with van der Waals surface area (Å²) < 4.78 is 16.4. The average Bonchev–Trinajstić information content (AvgIpc) is 2.71. The quantitative estimate of drug-likeness (QED) is 0.513. The van der Waals surface area contributed by atoms with E-state index in [1.165, 1.54) is 6.08 Å². The minimum absolute atomic E-state index is 0.101. The number of hydrogen-bond donors (Lipinski definition) is 0. The van der Waals surface area contributed by atoms with Gasteiger partial charge in [0, 0.05) is 23.7 Å². The number of hydrogen-bond acceptors (Lipinski definition) is 6. The molecule has 1 aliphatic heterocycles. The van der Waals surface area contributed by atoms with Crippen LogP contribution in [-0.4, -0.2) is 37.8 Å². The third-order valence-electron chi connectivity index (χ3n) is 5.31. The van der Waals surface area contributed by atoms with E-state index in [4.69, 9.17) is 14.2 Å². The van der Waals surface area contributed by atoms with E-state index in [0.29, 0.717) is 35.8 Å². The summed E-state index contributed by atoms with van der Waals surface area (Å²) in [5, 5.41) is 0. The maximum Gasteiger partial charge on any atom is 0.336 e. The lowest BCUT2D eigenvalue weighted by Gasteiger charge is -2.35. The Hall–Kier alpha value is -2.89. The molecule has 29 heavy (non-hydrogen) atoms. The standard InChI is InChI=1S/C23H27NO5/c1-5-12-29-23(26)20-14(3)24-16-8-7-9-17(25)22(16)21(20)15-10-11-18(28-6-2)19(13-15)27-4/h5,10-11,13,21-22H,1,6-9,12H2,2-4H3/t21-,22?/m0/s1. The van der Waals surface area contributed by atoms with Crippen molar-refractivity contribution in [3.63, 3.8) is 0 Å². The highest BCUT2D eigenvalue weighted by Crippen LogP contribution is 2.44. The van der Waals surface area contributed by atoms with Crippen LogP contribution < -0.4 is 9.47 Å². The van der Waals surface area contributed by atoms with Gasteiger partial charge in [0.2, 0.25) is 0 Å². The zero-order valence-electron chi connectivity index (χ0n) is 17.2. The number of benzene rings is 1. The lowest BCUT2D eigenvalue weighted by molar-refractivity contribution is -0.138. The zero-order valence-corrected chi connectivity index (χ0v) is 17.2. The van der Waals surface area contributed by atoms with Gasteiger partial charge in [-0.1, -0.05) is 18.7 Å². The van der Waals surface area contributed by atoms with E-state index in [0.717, 1.165) is 24.1 Å². The van der Waals surface area contributed by atoms with E-state index in [9.17, 15) is 9.59 Å². The lowest BCUT2D eigenvalue weighted by Crippen LogP contribution is -2.39. The van der Waals surface area contributed by atoms with Gasteiger partial charge in [0.15, 0.2) is 11.5 Å². The van der Waals surface area contributed by atoms with Crippen molar-refractivity contribution in [2.24, 2.45) is 10.9 Å². The molecule has 2 aliphatic rings. The minimum atomic E-state index is -0.471. The van der Waals surface area contributed by atoms with Crippen LogP contribution in [0.2, 0.25) is 0 Å². The second-order valence-corrected chi connectivity index (χ2v) is 7.11. The van der Waals surface area contributed by atoms with Crippen LogP contribution in [0.1, 0.15) is 44.6 Å². The van der Waals surface area contributed by atoms with Crippen molar-refractivity contribution in [1.82, 2.24) is 0 Å². The number of carbonyl (C=O) groups excluding carboxylic acids is 2. The molecular weight excluding hydrogens is 370 g/mol. The molecule has 3 rings (SSSR count). The SMILES string of the molecule is C=CCOC(=O)C1=C(C)N=C2CCCC(=O)C2[C@H]1c1ccc(OCC)c(OC)c1. The van der Waals surface area contributed by atoms with Crippen LogP contribution in [0.15, 0.2) is 47.1 Å². The van der Waals surface area contributed by atoms with Crippen LogP contribution in [-0.2, 0) is 14.3 Å². The molecule has 0 amide bonds. The smallest absolute Gasteiger partial charge is 0.336 e. The fourth-order valence-corrected chi connectivity index (χ4v) is 4.11. The predicted molar refractivity (Wildman–Crippen MR) is 111 cm³/mol. The normalized spacial score (nSPS) is 21.2. The highest BCUT2D eigenvalue weighted by molar-refractivity contribution is 6.11. The molecule has 0 radical (unpaired) electrons. The van der Waals surface area contributed by atoms with Crippen molar-refractivity contribution in [3.8, 4) is 11.5 Å². The average molecular weight is 397 g/mol. The minimum Gasteiger partial charge on any atom is -0.493 e. The Balaban J connectivity index is 2.12. The molecule has 1 fully saturated rings. The topological polar surface area (TPSA) is 74.2 Å². The molecule has 0 bridgehead atoms. The maximum atomic E-state index is 12.9. The fraction of sp³-hybridized carbons (Fsp3) is 0.435. The van der Waals surface area contributed by atoms with E-state index >= 15 is 0 Å². The lowest BCUT2D eigenvalue weighted by atomic mass is 9.69. The van der Waals surface area contributed by atoms with Gasteiger partial charge in [-0.15, -0.1) is 0 Å². The molecule has 1 aliphatic carbocycles. The number of Topliss-reactive ketones (excluding diaryl/α,β-unsaturated/α-hetero) is 1. The molecule has 154 valence electrons. The number of aliphatic imine (C=N–C) groups is 1. The summed E-state index contributed by atoms with van der Waals surface area (Å²) in [4.78, 5) is 30.4. The number of fused-ring (bicyclic) bond motifs is 1. The van der Waals surface area contributed by atoms with Crippen molar-refractivity contribution < 1.29 is 23.8 Å². The summed E-state index contributed by atoms with van der Waals surface area (Å²) in [6, 6.07) is 5.55. The Morgan fingerprint density at radius 1 is 1.28 bits per heavy atom. The molecule has 0 N–H and O–H groups in total. The van der Waals surface area contributed by atoms with Crippen LogP contribution in [0.25, 0.3) is 0 Å². The highest BCUT2D eigenvalue weighted by atomic mass is 16.5. The third-order valence-corrected chi connectivity index (χ3v) is 5.31. The van der Waals surface area contributed by atoms with Gasteiger partial charge >= 0.3 is 5.97 Å². The number of esters is 1. The maximum absolute atomic E-state index is 12.9. The summed E-state index contributed by atoms with van der Waals surface area (Å²) in [6.45, 7) is 7.90. The fourth-order valence-electron chi connectivity index (χ4n) is 4.11. The predicted octanol–water partition coefficient (Wildman–Crippen LogP) is 4.00. The highest BCUT2D eigenvalue weighted by Gasteiger charge is 2.43. The number of nitrogens with zero attached hydrogens (tertiary/aromatic N) is 1. The Bertz CT molecular complexity index is 883. The number of carbonyl (C=O) groups is 2. The van der Waals surface area contributed by atoms with Crippen molar-refractivity contribution in [2.45, 2.75) is 39.0 Å². The largest absolute Gasteiger partial charge is 0.493 e. The van der Waals surface area contributed by atoms with E-state index in [1.54, 1.807) is 14.0 Å². The molecule has 6 nitrogen and oxygen atoms in total. The van der Waals surface area contributed by atoms with Crippen molar-refractivity contribution in [2.75, 3.05) is 20.3 Å². The molecule has 1 saturated carbocycles. The van der Waals surface area contributed by atoms with Gasteiger partial charge in [-0.2, -0.15) is 0 Å². The van der Waals surface area contributed by atoms with Crippen LogP contribution in [0, 0.1) is 5.92 Å². The van der Waals surface area contributed by atoms with Gasteiger partial charge in [0.05, 0.1) is 25.2 Å². The summed E-state index contributed by atoms with van der Waals surface area (Å²) in [7, 11) is 1.57. The van der Waals surface area contributed by atoms with Gasteiger partial charge in [0.1, 0.15) is 12.4 Å². The Morgan fingerprint density at radius 2 is 2.07 bits per heavy atom. The summed E-state index contributed by atoms with van der Waals surface area (Å²) in [6.07, 6.45) is 3.55. The van der Waals surface area contributed by atoms with Crippen LogP contribution in [0.4, 0.5) is 0 Å². The summed E-state index contributed by atoms with van der Waals surface area (Å²) in [5.41, 5.74) is 2.67. The number of ether oxygens (including phenoxy) is 3. The first-order valence-corrected chi connectivity index (χ1v) is 9.91. The summed E-state index contributed by atoms with van der Waals surface area (Å²) >= 11 is 0. The van der Waals surface area contributed by atoms with Gasteiger partial charge in [-0.3, -0.25) is 9.79 Å².